The van der Waals surface area contributed by atoms with Crippen molar-refractivity contribution < 1.29 is 9.53 Å². The molecule has 2 heterocycles. The van der Waals surface area contributed by atoms with Crippen LogP contribution < -0.4 is 15.0 Å². The Labute approximate surface area is 168 Å². The van der Waals surface area contributed by atoms with Gasteiger partial charge in [0.1, 0.15) is 5.75 Å². The second kappa shape index (κ2) is 7.52. The summed E-state index contributed by atoms with van der Waals surface area (Å²) in [4.78, 5) is 19.3. The summed E-state index contributed by atoms with van der Waals surface area (Å²) < 4.78 is 5.51. The SMILES string of the molecule is CCOc1ccc(N2C(=O)c3cccnc3C2Nc2ccc(C)cc2Cl)cc1. The Hall–Kier alpha value is -3.05. The molecule has 4 rings (SSSR count). The van der Waals surface area contributed by atoms with Gasteiger partial charge in [0.25, 0.3) is 5.91 Å². The molecule has 1 aliphatic rings. The van der Waals surface area contributed by atoms with E-state index >= 15 is 0 Å². The van der Waals surface area contributed by atoms with Crippen LogP contribution in [0.3, 0.4) is 0 Å². The van der Waals surface area contributed by atoms with Crippen LogP contribution in [0, 0.1) is 6.92 Å². The Balaban J connectivity index is 1.74. The molecule has 3 aromatic rings. The number of nitrogens with zero attached hydrogens (tertiary/aromatic N) is 2. The normalized spacial score (nSPS) is 15.5. The van der Waals surface area contributed by atoms with Crippen molar-refractivity contribution >= 4 is 28.9 Å². The third-order valence-corrected chi connectivity index (χ3v) is 4.96. The second-order valence-corrected chi connectivity index (χ2v) is 6.98. The molecule has 5 nitrogen and oxygen atoms in total. The van der Waals surface area contributed by atoms with Crippen LogP contribution in [0.1, 0.15) is 34.7 Å². The first-order valence-corrected chi connectivity index (χ1v) is 9.50. The highest BCUT2D eigenvalue weighted by molar-refractivity contribution is 6.33. The van der Waals surface area contributed by atoms with E-state index in [1.54, 1.807) is 23.2 Å². The topological polar surface area (TPSA) is 54.5 Å². The Bertz CT molecular complexity index is 1020. The predicted molar refractivity (Wildman–Crippen MR) is 111 cm³/mol. The van der Waals surface area contributed by atoms with E-state index in [1.807, 2.05) is 56.3 Å². The highest BCUT2D eigenvalue weighted by atomic mass is 35.5. The van der Waals surface area contributed by atoms with Gasteiger partial charge < -0.3 is 10.1 Å². The van der Waals surface area contributed by atoms with Crippen LogP contribution in [-0.4, -0.2) is 17.5 Å². The number of carbonyl (C=O) groups excluding carboxylic acids is 1. The molecule has 0 spiro atoms. The lowest BCUT2D eigenvalue weighted by Gasteiger charge is -2.27. The Morgan fingerprint density at radius 1 is 1.18 bits per heavy atom. The highest BCUT2D eigenvalue weighted by Gasteiger charge is 2.39. The van der Waals surface area contributed by atoms with Gasteiger partial charge in [-0.1, -0.05) is 17.7 Å². The summed E-state index contributed by atoms with van der Waals surface area (Å²) >= 11 is 6.42. The van der Waals surface area contributed by atoms with Crippen LogP contribution in [-0.2, 0) is 0 Å². The van der Waals surface area contributed by atoms with Crippen molar-refractivity contribution in [1.82, 2.24) is 4.98 Å². The largest absolute Gasteiger partial charge is 0.494 e. The van der Waals surface area contributed by atoms with Crippen LogP contribution >= 0.6 is 11.6 Å². The van der Waals surface area contributed by atoms with E-state index in [9.17, 15) is 4.79 Å². The number of ether oxygens (including phenoxy) is 1. The Morgan fingerprint density at radius 2 is 1.96 bits per heavy atom. The number of halogens is 1. The summed E-state index contributed by atoms with van der Waals surface area (Å²) in [5, 5.41) is 3.99. The first-order chi connectivity index (χ1) is 13.6. The average Bonchev–Trinajstić information content (AvgIpc) is 2.97. The van der Waals surface area contributed by atoms with Crippen LogP contribution in [0.15, 0.2) is 60.8 Å². The summed E-state index contributed by atoms with van der Waals surface area (Å²) in [6.07, 6.45) is 1.24. The molecular formula is C22H20ClN3O2. The number of rotatable bonds is 5. The Morgan fingerprint density at radius 3 is 2.68 bits per heavy atom. The van der Waals surface area contributed by atoms with Crippen LogP contribution in [0.25, 0.3) is 0 Å². The van der Waals surface area contributed by atoms with Gasteiger partial charge in [0.2, 0.25) is 0 Å². The van der Waals surface area contributed by atoms with E-state index < -0.39 is 6.17 Å². The van der Waals surface area contributed by atoms with Crippen molar-refractivity contribution in [3.05, 3.63) is 82.6 Å². The van der Waals surface area contributed by atoms with Crippen molar-refractivity contribution in [3.8, 4) is 5.75 Å². The molecule has 1 atom stereocenters. The molecule has 2 aromatic carbocycles. The third kappa shape index (κ3) is 3.29. The number of amides is 1. The minimum Gasteiger partial charge on any atom is -0.494 e. The molecular weight excluding hydrogens is 374 g/mol. The molecule has 28 heavy (non-hydrogen) atoms. The van der Waals surface area contributed by atoms with Gasteiger partial charge in [-0.3, -0.25) is 14.7 Å². The fourth-order valence-corrected chi connectivity index (χ4v) is 3.63. The van der Waals surface area contributed by atoms with E-state index in [-0.39, 0.29) is 5.91 Å². The summed E-state index contributed by atoms with van der Waals surface area (Å²) in [6, 6.07) is 16.8. The first kappa shape index (κ1) is 18.3. The number of hydrogen-bond acceptors (Lipinski definition) is 4. The van der Waals surface area contributed by atoms with Gasteiger partial charge >= 0.3 is 0 Å². The number of carbonyl (C=O) groups is 1. The molecule has 1 aliphatic heterocycles. The predicted octanol–water partition coefficient (Wildman–Crippen LogP) is 5.21. The van der Waals surface area contributed by atoms with Crippen molar-refractivity contribution in [3.63, 3.8) is 0 Å². The molecule has 1 amide bonds. The van der Waals surface area contributed by atoms with Gasteiger partial charge in [0.05, 0.1) is 28.6 Å². The molecule has 0 fully saturated rings. The van der Waals surface area contributed by atoms with Crippen molar-refractivity contribution in [2.24, 2.45) is 0 Å². The molecule has 6 heteroatoms. The monoisotopic (exact) mass is 393 g/mol. The van der Waals surface area contributed by atoms with Crippen LogP contribution in [0.4, 0.5) is 11.4 Å². The van der Waals surface area contributed by atoms with Gasteiger partial charge in [-0.05, 0) is 67.9 Å². The number of pyridine rings is 1. The quantitative estimate of drug-likeness (QED) is 0.646. The lowest BCUT2D eigenvalue weighted by atomic mass is 10.2. The molecule has 0 saturated carbocycles. The minimum atomic E-state index is -0.457. The fourth-order valence-electron chi connectivity index (χ4n) is 3.34. The molecule has 0 aliphatic carbocycles. The van der Waals surface area contributed by atoms with Crippen LogP contribution in [0.2, 0.25) is 5.02 Å². The van der Waals surface area contributed by atoms with Gasteiger partial charge in [-0.25, -0.2) is 0 Å². The van der Waals surface area contributed by atoms with Gasteiger partial charge in [0.15, 0.2) is 6.17 Å². The van der Waals surface area contributed by atoms with Crippen LogP contribution in [0.5, 0.6) is 5.75 Å². The zero-order valence-corrected chi connectivity index (χ0v) is 16.4. The van der Waals surface area contributed by atoms with E-state index in [1.165, 1.54) is 0 Å². The maximum Gasteiger partial charge on any atom is 0.262 e. The van der Waals surface area contributed by atoms with Gasteiger partial charge in [-0.2, -0.15) is 0 Å². The number of aryl methyl sites for hydroxylation is 1. The molecule has 0 radical (unpaired) electrons. The number of hydrogen-bond donors (Lipinski definition) is 1. The first-order valence-electron chi connectivity index (χ1n) is 9.12. The number of fused-ring (bicyclic) bond motifs is 1. The maximum absolute atomic E-state index is 13.1. The zero-order chi connectivity index (χ0) is 19.7. The average molecular weight is 394 g/mol. The molecule has 0 saturated heterocycles. The lowest BCUT2D eigenvalue weighted by molar-refractivity contribution is 0.0993. The minimum absolute atomic E-state index is 0.104. The molecule has 142 valence electrons. The number of benzene rings is 2. The number of anilines is 2. The summed E-state index contributed by atoms with van der Waals surface area (Å²) in [7, 11) is 0. The fraction of sp³-hybridized carbons (Fsp3) is 0.182. The Kier molecular flexibility index (Phi) is 4.92. The lowest BCUT2D eigenvalue weighted by Crippen LogP contribution is -2.32. The standard InChI is InChI=1S/C22H20ClN3O2/c1-3-28-16-9-7-15(8-10-16)26-21(20-17(22(26)27)5-4-12-24-20)25-19-11-6-14(2)13-18(19)23/h4-13,21,25H,3H2,1-2H3. The molecule has 1 N–H and O–H groups in total. The van der Waals surface area contributed by atoms with Crippen molar-refractivity contribution in [2.75, 3.05) is 16.8 Å². The number of aromatic nitrogens is 1. The zero-order valence-electron chi connectivity index (χ0n) is 15.6. The van der Waals surface area contributed by atoms with E-state index in [4.69, 9.17) is 16.3 Å². The van der Waals surface area contributed by atoms with Crippen molar-refractivity contribution in [2.45, 2.75) is 20.0 Å². The van der Waals surface area contributed by atoms with Gasteiger partial charge in [-0.15, -0.1) is 0 Å². The van der Waals surface area contributed by atoms with Crippen molar-refractivity contribution in [1.29, 1.82) is 0 Å². The van der Waals surface area contributed by atoms with E-state index in [0.717, 1.165) is 22.7 Å². The maximum atomic E-state index is 13.1. The molecule has 1 unspecified atom stereocenters. The summed E-state index contributed by atoms with van der Waals surface area (Å²) in [5.74, 6) is 0.660. The summed E-state index contributed by atoms with van der Waals surface area (Å²) in [5.41, 5.74) is 3.83. The molecule has 0 bridgehead atoms. The smallest absolute Gasteiger partial charge is 0.262 e. The van der Waals surface area contributed by atoms with E-state index in [0.29, 0.717) is 22.9 Å². The summed E-state index contributed by atoms with van der Waals surface area (Å²) in [6.45, 7) is 4.51. The second-order valence-electron chi connectivity index (χ2n) is 6.57. The third-order valence-electron chi connectivity index (χ3n) is 4.65. The molecule has 1 aromatic heterocycles. The van der Waals surface area contributed by atoms with E-state index in [2.05, 4.69) is 10.3 Å². The number of nitrogens with one attached hydrogen (secondary N) is 1. The van der Waals surface area contributed by atoms with Gasteiger partial charge in [0, 0.05) is 11.9 Å². The highest BCUT2D eigenvalue weighted by Crippen LogP contribution is 2.38.